The van der Waals surface area contributed by atoms with Crippen LogP contribution in [0.25, 0.3) is 0 Å². The number of allylic oxidation sites excluding steroid dienone is 1. The van der Waals surface area contributed by atoms with E-state index in [4.69, 9.17) is 4.74 Å². The monoisotopic (exact) mass is 353 g/mol. The maximum Gasteiger partial charge on any atom is 0.252 e. The van der Waals surface area contributed by atoms with Crippen LogP contribution in [0.5, 0.6) is 0 Å². The van der Waals surface area contributed by atoms with Gasteiger partial charge in [0.2, 0.25) is 0 Å². The van der Waals surface area contributed by atoms with Gasteiger partial charge in [0.25, 0.3) is 5.91 Å². The average Bonchev–Trinajstić information content (AvgIpc) is 2.67. The Morgan fingerprint density at radius 3 is 2.50 bits per heavy atom. The number of carbonyl (C=O) groups excluding carboxylic acids is 1. The van der Waals surface area contributed by atoms with E-state index in [0.717, 1.165) is 28.7 Å². The molecule has 0 unspecified atom stereocenters. The lowest BCUT2D eigenvalue weighted by Gasteiger charge is -2.40. The molecule has 0 spiro atoms. The molecule has 0 radical (unpaired) electrons. The number of carbonyl (C=O) groups is 1. The Balaban J connectivity index is 1.97. The Bertz CT molecular complexity index is 753. The van der Waals surface area contributed by atoms with Gasteiger partial charge < -0.3 is 9.64 Å². The number of halogens is 1. The van der Waals surface area contributed by atoms with Crippen molar-refractivity contribution in [2.24, 2.45) is 0 Å². The van der Waals surface area contributed by atoms with Crippen molar-refractivity contribution in [3.05, 3.63) is 84.3 Å². The molecule has 2 atom stereocenters. The second kappa shape index (κ2) is 7.83. The molecule has 1 fully saturated rings. The van der Waals surface area contributed by atoms with Crippen LogP contribution in [0.15, 0.2) is 72.9 Å². The van der Waals surface area contributed by atoms with Crippen LogP contribution in [0.4, 0.5) is 4.39 Å². The lowest BCUT2D eigenvalue weighted by atomic mass is 9.87. The summed E-state index contributed by atoms with van der Waals surface area (Å²) in [5.74, 6) is -0.334. The summed E-state index contributed by atoms with van der Waals surface area (Å²) in [6.45, 7) is 12.7. The molecular formula is C22H24FNO2. The van der Waals surface area contributed by atoms with Crippen molar-refractivity contribution in [2.45, 2.75) is 31.4 Å². The zero-order chi connectivity index (χ0) is 18.7. The Morgan fingerprint density at radius 1 is 1.19 bits per heavy atom. The quantitative estimate of drug-likeness (QED) is 0.746. The predicted octanol–water partition coefficient (Wildman–Crippen LogP) is 4.50. The highest BCUT2D eigenvalue weighted by Gasteiger charge is 2.36. The molecule has 2 aliphatic heterocycles. The summed E-state index contributed by atoms with van der Waals surface area (Å²) < 4.78 is 19.1. The first-order chi connectivity index (χ1) is 12.5. The maximum atomic E-state index is 13.4. The van der Waals surface area contributed by atoms with Gasteiger partial charge in [0.15, 0.2) is 0 Å². The second-order valence-corrected chi connectivity index (χ2v) is 6.71. The first-order valence-corrected chi connectivity index (χ1v) is 8.87. The molecule has 0 saturated carbocycles. The van der Waals surface area contributed by atoms with Gasteiger partial charge in [0, 0.05) is 6.54 Å². The maximum absolute atomic E-state index is 13.4. The summed E-state index contributed by atoms with van der Waals surface area (Å²) in [5.41, 5.74) is 3.88. The SMILES string of the molecule is C=CC1=C(C=C)[C@H](c2ccc(F)cc2)N(C(=O)[C@H]2CCC(=C)CO2)CC1. The van der Waals surface area contributed by atoms with Gasteiger partial charge in [-0.2, -0.15) is 0 Å². The van der Waals surface area contributed by atoms with Crippen molar-refractivity contribution in [2.75, 3.05) is 13.2 Å². The largest absolute Gasteiger partial charge is 0.364 e. The van der Waals surface area contributed by atoms with Crippen LogP contribution in [0.3, 0.4) is 0 Å². The summed E-state index contributed by atoms with van der Waals surface area (Å²) in [6, 6.07) is 5.97. The van der Waals surface area contributed by atoms with Crippen LogP contribution in [0, 0.1) is 5.82 Å². The highest BCUT2D eigenvalue weighted by molar-refractivity contribution is 5.82. The third kappa shape index (κ3) is 3.56. The van der Waals surface area contributed by atoms with Crippen LogP contribution in [-0.2, 0) is 9.53 Å². The number of nitrogens with zero attached hydrogens (tertiary/aromatic N) is 1. The molecule has 3 nitrogen and oxygen atoms in total. The van der Waals surface area contributed by atoms with E-state index in [2.05, 4.69) is 19.7 Å². The Labute approximate surface area is 154 Å². The molecule has 0 aliphatic carbocycles. The Kier molecular flexibility index (Phi) is 5.52. The molecule has 1 aromatic rings. The zero-order valence-electron chi connectivity index (χ0n) is 14.9. The molecule has 2 heterocycles. The van der Waals surface area contributed by atoms with Gasteiger partial charge in [0.1, 0.15) is 11.9 Å². The van der Waals surface area contributed by atoms with Gasteiger partial charge in [-0.1, -0.05) is 49.6 Å². The van der Waals surface area contributed by atoms with Crippen LogP contribution in [0.1, 0.15) is 30.9 Å². The van der Waals surface area contributed by atoms with Crippen LogP contribution >= 0.6 is 0 Å². The molecule has 1 aromatic carbocycles. The van der Waals surface area contributed by atoms with Crippen molar-refractivity contribution in [1.29, 1.82) is 0 Å². The van der Waals surface area contributed by atoms with Crippen molar-refractivity contribution >= 4 is 5.91 Å². The topological polar surface area (TPSA) is 29.5 Å². The molecule has 2 aliphatic rings. The third-order valence-electron chi connectivity index (χ3n) is 5.06. The van der Waals surface area contributed by atoms with Gasteiger partial charge in [-0.05, 0) is 48.1 Å². The molecule has 0 aromatic heterocycles. The molecule has 1 amide bonds. The van der Waals surface area contributed by atoms with E-state index in [1.54, 1.807) is 18.2 Å². The third-order valence-corrected chi connectivity index (χ3v) is 5.06. The van der Waals surface area contributed by atoms with Gasteiger partial charge in [-0.15, -0.1) is 0 Å². The molecule has 1 saturated heterocycles. The fourth-order valence-corrected chi connectivity index (χ4v) is 3.65. The number of ether oxygens (including phenoxy) is 1. The van der Waals surface area contributed by atoms with Gasteiger partial charge >= 0.3 is 0 Å². The highest BCUT2D eigenvalue weighted by atomic mass is 19.1. The van der Waals surface area contributed by atoms with Gasteiger partial charge in [0.05, 0.1) is 12.6 Å². The van der Waals surface area contributed by atoms with Crippen LogP contribution < -0.4 is 0 Å². The minimum absolute atomic E-state index is 0.0331. The number of hydrogen-bond acceptors (Lipinski definition) is 2. The molecule has 26 heavy (non-hydrogen) atoms. The smallest absolute Gasteiger partial charge is 0.252 e. The van der Waals surface area contributed by atoms with Crippen molar-refractivity contribution in [3.8, 4) is 0 Å². The summed E-state index contributed by atoms with van der Waals surface area (Å²) >= 11 is 0. The van der Waals surface area contributed by atoms with Crippen molar-refractivity contribution < 1.29 is 13.9 Å². The van der Waals surface area contributed by atoms with E-state index < -0.39 is 6.10 Å². The second-order valence-electron chi connectivity index (χ2n) is 6.71. The molecule has 4 heteroatoms. The zero-order valence-corrected chi connectivity index (χ0v) is 14.9. The standard InChI is InChI=1S/C22H24FNO2/c1-4-16-12-13-24(22(25)20-11-6-15(3)14-26-20)21(19(16)5-2)17-7-9-18(23)10-8-17/h4-5,7-10,20-21H,1-3,6,11-14H2/t20-,21+/m1/s1. The Hall–Kier alpha value is -2.46. The number of amides is 1. The molecule has 136 valence electrons. The average molecular weight is 353 g/mol. The van der Waals surface area contributed by atoms with Crippen LogP contribution in [-0.4, -0.2) is 30.1 Å². The number of benzene rings is 1. The first kappa shape index (κ1) is 18.3. The van der Waals surface area contributed by atoms with Gasteiger partial charge in [-0.3, -0.25) is 4.79 Å². The summed E-state index contributed by atoms with van der Waals surface area (Å²) in [6.07, 6.45) is 5.29. The fraction of sp³-hybridized carbons (Fsp3) is 0.318. The van der Waals surface area contributed by atoms with Crippen molar-refractivity contribution in [3.63, 3.8) is 0 Å². The summed E-state index contributed by atoms with van der Waals surface area (Å²) in [4.78, 5) is 15.0. The summed E-state index contributed by atoms with van der Waals surface area (Å²) in [7, 11) is 0. The Morgan fingerprint density at radius 2 is 1.92 bits per heavy atom. The van der Waals surface area contributed by atoms with E-state index >= 15 is 0 Å². The fourth-order valence-electron chi connectivity index (χ4n) is 3.65. The van der Waals surface area contributed by atoms with Gasteiger partial charge in [-0.25, -0.2) is 4.39 Å². The lowest BCUT2D eigenvalue weighted by Crippen LogP contribution is -2.46. The minimum atomic E-state index is -0.459. The lowest BCUT2D eigenvalue weighted by molar-refractivity contribution is -0.147. The first-order valence-electron chi connectivity index (χ1n) is 8.87. The van der Waals surface area contributed by atoms with E-state index in [1.807, 2.05) is 11.0 Å². The number of rotatable bonds is 4. The van der Waals surface area contributed by atoms with E-state index in [0.29, 0.717) is 26.0 Å². The molecular weight excluding hydrogens is 329 g/mol. The summed E-state index contributed by atoms with van der Waals surface area (Å²) in [5, 5.41) is 0. The van der Waals surface area contributed by atoms with E-state index in [1.165, 1.54) is 12.1 Å². The molecule has 0 N–H and O–H groups in total. The van der Waals surface area contributed by atoms with Crippen molar-refractivity contribution in [1.82, 2.24) is 4.90 Å². The highest BCUT2D eigenvalue weighted by Crippen LogP contribution is 2.38. The molecule has 0 bridgehead atoms. The predicted molar refractivity (Wildman–Crippen MR) is 101 cm³/mol. The van der Waals surface area contributed by atoms with Crippen LogP contribution in [0.2, 0.25) is 0 Å². The van der Waals surface area contributed by atoms with E-state index in [-0.39, 0.29) is 17.8 Å². The minimum Gasteiger partial charge on any atom is -0.364 e. The molecule has 3 rings (SSSR count). The normalized spacial score (nSPS) is 23.7. The number of hydrogen-bond donors (Lipinski definition) is 0. The van der Waals surface area contributed by atoms with E-state index in [9.17, 15) is 9.18 Å².